The van der Waals surface area contributed by atoms with Crippen LogP contribution in [0.5, 0.6) is 0 Å². The van der Waals surface area contributed by atoms with Crippen LogP contribution in [0.15, 0.2) is 24.3 Å². The third kappa shape index (κ3) is 4.12. The van der Waals surface area contributed by atoms with Gasteiger partial charge in [-0.15, -0.1) is 5.10 Å². The Kier molecular flexibility index (Phi) is 5.43. The predicted octanol–water partition coefficient (Wildman–Crippen LogP) is 3.76. The Hall–Kier alpha value is -2.23. The fourth-order valence-electron chi connectivity index (χ4n) is 2.12. The van der Waals surface area contributed by atoms with Crippen molar-refractivity contribution < 1.29 is 4.79 Å². The molecule has 4 nitrogen and oxygen atoms in total. The summed E-state index contributed by atoms with van der Waals surface area (Å²) in [6.45, 7) is 5.02. The summed E-state index contributed by atoms with van der Waals surface area (Å²) in [4.78, 5) is 11.1. The Morgan fingerprint density at radius 1 is 1.14 bits per heavy atom. The summed E-state index contributed by atoms with van der Waals surface area (Å²) in [6, 6.07) is 8.24. The molecule has 2 aromatic rings. The summed E-state index contributed by atoms with van der Waals surface area (Å²) in [5, 5.41) is 8.00. The summed E-state index contributed by atoms with van der Waals surface area (Å²) in [5.74, 6) is 0. The van der Waals surface area contributed by atoms with Crippen molar-refractivity contribution in [2.45, 2.75) is 39.7 Å². The van der Waals surface area contributed by atoms with Gasteiger partial charge in [-0.3, -0.25) is 4.79 Å². The Labute approximate surface area is 125 Å². The van der Waals surface area contributed by atoms with Gasteiger partial charge >= 0.3 is 0 Å². The average molecular weight is 283 g/mol. The van der Waals surface area contributed by atoms with Crippen molar-refractivity contribution in [2.75, 3.05) is 0 Å². The van der Waals surface area contributed by atoms with Crippen LogP contribution in [0.2, 0.25) is 0 Å². The first kappa shape index (κ1) is 15.2. The molecule has 1 aromatic heterocycles. The van der Waals surface area contributed by atoms with Gasteiger partial charge in [0.2, 0.25) is 0 Å². The normalized spacial score (nSPS) is 11.1. The van der Waals surface area contributed by atoms with Crippen molar-refractivity contribution in [3.05, 3.63) is 46.8 Å². The highest BCUT2D eigenvalue weighted by molar-refractivity contribution is 5.81. The van der Waals surface area contributed by atoms with Crippen molar-refractivity contribution in [3.8, 4) is 0 Å². The van der Waals surface area contributed by atoms with Gasteiger partial charge in [-0.25, -0.2) is 4.68 Å². The number of nitrogens with zero attached hydrogens (tertiary/aromatic N) is 3. The molecule has 0 spiro atoms. The third-order valence-electron chi connectivity index (χ3n) is 3.40. The van der Waals surface area contributed by atoms with E-state index in [1.54, 1.807) is 0 Å². The molecule has 1 heterocycles. The summed E-state index contributed by atoms with van der Waals surface area (Å²) >= 11 is 0. The number of aromatic nitrogens is 3. The number of hydrogen-bond donors (Lipinski definition) is 0. The fraction of sp³-hybridized carbons (Fsp3) is 0.353. The van der Waals surface area contributed by atoms with Gasteiger partial charge in [-0.1, -0.05) is 60.9 Å². The molecule has 0 fully saturated rings. The zero-order valence-corrected chi connectivity index (χ0v) is 12.6. The molecule has 2 rings (SSSR count). The van der Waals surface area contributed by atoms with E-state index in [9.17, 15) is 4.79 Å². The molecule has 0 atom stereocenters. The van der Waals surface area contributed by atoms with Crippen LogP contribution in [-0.4, -0.2) is 21.3 Å². The molecule has 110 valence electrons. The van der Waals surface area contributed by atoms with Gasteiger partial charge in [0, 0.05) is 6.54 Å². The molecule has 0 amide bonds. The van der Waals surface area contributed by atoms with Gasteiger partial charge < -0.3 is 0 Å². The molecular weight excluding hydrogens is 262 g/mol. The monoisotopic (exact) mass is 283 g/mol. The van der Waals surface area contributed by atoms with E-state index in [2.05, 4.69) is 48.4 Å². The maximum atomic E-state index is 11.1. The highest BCUT2D eigenvalue weighted by atomic mass is 16.1. The van der Waals surface area contributed by atoms with E-state index in [1.165, 1.54) is 5.56 Å². The Bertz CT molecular complexity index is 611. The van der Waals surface area contributed by atoms with Crippen LogP contribution in [0.4, 0.5) is 0 Å². The highest BCUT2D eigenvalue weighted by Crippen LogP contribution is 2.12. The molecule has 0 bridgehead atoms. The van der Waals surface area contributed by atoms with Crippen LogP contribution >= 0.6 is 0 Å². The van der Waals surface area contributed by atoms with Crippen LogP contribution < -0.4 is 0 Å². The lowest BCUT2D eigenvalue weighted by atomic mass is 10.1. The van der Waals surface area contributed by atoms with Gasteiger partial charge in [0.15, 0.2) is 12.0 Å². The maximum absolute atomic E-state index is 11.1. The number of benzene rings is 1. The summed E-state index contributed by atoms with van der Waals surface area (Å²) < 4.78 is 1.81. The minimum absolute atomic E-state index is 0.398. The minimum atomic E-state index is 0.398. The van der Waals surface area contributed by atoms with Crippen LogP contribution in [0, 0.1) is 6.92 Å². The molecule has 0 saturated carbocycles. The van der Waals surface area contributed by atoms with E-state index in [-0.39, 0.29) is 0 Å². The largest absolute Gasteiger partial charge is 0.296 e. The minimum Gasteiger partial charge on any atom is -0.296 e. The van der Waals surface area contributed by atoms with E-state index < -0.39 is 0 Å². The molecule has 0 aliphatic rings. The lowest BCUT2D eigenvalue weighted by Gasteiger charge is -2.03. The smallest absolute Gasteiger partial charge is 0.172 e. The van der Waals surface area contributed by atoms with E-state index >= 15 is 0 Å². The van der Waals surface area contributed by atoms with E-state index in [1.807, 2.05) is 16.8 Å². The van der Waals surface area contributed by atoms with Crippen molar-refractivity contribution in [1.82, 2.24) is 15.0 Å². The van der Waals surface area contributed by atoms with Crippen LogP contribution in [0.1, 0.15) is 53.5 Å². The Morgan fingerprint density at radius 3 is 2.57 bits per heavy atom. The SMILES string of the molecule is CCCCCn1nnc(C=O)c1/C=C/c1ccc(C)cc1. The van der Waals surface area contributed by atoms with Crippen molar-refractivity contribution in [2.24, 2.45) is 0 Å². The second-order valence-corrected chi connectivity index (χ2v) is 5.15. The van der Waals surface area contributed by atoms with Crippen molar-refractivity contribution in [1.29, 1.82) is 0 Å². The maximum Gasteiger partial charge on any atom is 0.172 e. The molecule has 0 saturated heterocycles. The zero-order chi connectivity index (χ0) is 15.1. The van der Waals surface area contributed by atoms with E-state index in [0.29, 0.717) is 5.69 Å². The van der Waals surface area contributed by atoms with Gasteiger partial charge in [-0.2, -0.15) is 0 Å². The number of unbranched alkanes of at least 4 members (excludes halogenated alkanes) is 2. The Balaban J connectivity index is 2.18. The molecule has 1 aromatic carbocycles. The number of aldehydes is 1. The molecule has 21 heavy (non-hydrogen) atoms. The number of rotatable bonds is 7. The topological polar surface area (TPSA) is 47.8 Å². The van der Waals surface area contributed by atoms with Crippen molar-refractivity contribution >= 4 is 18.4 Å². The molecule has 0 aliphatic heterocycles. The first-order valence-electron chi connectivity index (χ1n) is 7.38. The zero-order valence-electron chi connectivity index (χ0n) is 12.6. The van der Waals surface area contributed by atoms with Crippen LogP contribution in [0.3, 0.4) is 0 Å². The molecule has 0 N–H and O–H groups in total. The predicted molar refractivity (Wildman–Crippen MR) is 85.0 cm³/mol. The highest BCUT2D eigenvalue weighted by Gasteiger charge is 2.08. The van der Waals surface area contributed by atoms with Crippen LogP contribution in [0.25, 0.3) is 12.2 Å². The Morgan fingerprint density at radius 2 is 1.90 bits per heavy atom. The van der Waals surface area contributed by atoms with Crippen LogP contribution in [-0.2, 0) is 6.54 Å². The van der Waals surface area contributed by atoms with Gasteiger partial charge in [0.05, 0.1) is 5.69 Å². The fourth-order valence-corrected chi connectivity index (χ4v) is 2.12. The summed E-state index contributed by atoms with van der Waals surface area (Å²) in [6.07, 6.45) is 8.02. The lowest BCUT2D eigenvalue weighted by Crippen LogP contribution is -2.03. The molecule has 4 heteroatoms. The molecule has 0 aliphatic carbocycles. The second kappa shape index (κ2) is 7.53. The quantitative estimate of drug-likeness (QED) is 0.574. The number of aryl methyl sites for hydroxylation is 2. The third-order valence-corrected chi connectivity index (χ3v) is 3.40. The first-order chi connectivity index (χ1) is 10.2. The molecular formula is C17H21N3O. The molecule has 0 radical (unpaired) electrons. The lowest BCUT2D eigenvalue weighted by molar-refractivity contribution is 0.111. The number of carbonyl (C=O) groups is 1. The standard InChI is InChI=1S/C17H21N3O/c1-3-4-5-12-20-17(16(13-21)18-19-20)11-10-15-8-6-14(2)7-9-15/h6-11,13H,3-5,12H2,1-2H3/b11-10+. The average Bonchev–Trinajstić information content (AvgIpc) is 2.89. The second-order valence-electron chi connectivity index (χ2n) is 5.15. The van der Waals surface area contributed by atoms with E-state index in [4.69, 9.17) is 0 Å². The summed E-state index contributed by atoms with van der Waals surface area (Å²) in [5.41, 5.74) is 3.50. The first-order valence-corrected chi connectivity index (χ1v) is 7.38. The van der Waals surface area contributed by atoms with Gasteiger partial charge in [0.1, 0.15) is 0 Å². The number of hydrogen-bond acceptors (Lipinski definition) is 3. The van der Waals surface area contributed by atoms with Crippen molar-refractivity contribution in [3.63, 3.8) is 0 Å². The summed E-state index contributed by atoms with van der Waals surface area (Å²) in [7, 11) is 0. The number of carbonyl (C=O) groups excluding carboxylic acids is 1. The van der Waals surface area contributed by atoms with E-state index in [0.717, 1.165) is 43.4 Å². The molecule has 0 unspecified atom stereocenters. The van der Waals surface area contributed by atoms with Gasteiger partial charge in [0.25, 0.3) is 0 Å². The van der Waals surface area contributed by atoms with Gasteiger partial charge in [-0.05, 0) is 25.0 Å².